The van der Waals surface area contributed by atoms with E-state index < -0.39 is 23.6 Å². The van der Waals surface area contributed by atoms with E-state index in [1.165, 1.54) is 6.07 Å². The highest BCUT2D eigenvalue weighted by Gasteiger charge is 2.18. The molecule has 0 heterocycles. The first kappa shape index (κ1) is 14.7. The molecule has 0 aliphatic heterocycles. The Morgan fingerprint density at radius 2 is 1.95 bits per heavy atom. The van der Waals surface area contributed by atoms with Crippen molar-refractivity contribution in [2.75, 3.05) is 5.32 Å². The number of ether oxygens (including phenoxy) is 2. The van der Waals surface area contributed by atoms with E-state index in [0.717, 1.165) is 12.1 Å². The number of hydrogen-bond acceptors (Lipinski definition) is 4. The minimum Gasteiger partial charge on any atom is -0.444 e. The van der Waals surface area contributed by atoms with E-state index in [0.29, 0.717) is 0 Å². The minimum absolute atomic E-state index is 0.0782. The van der Waals surface area contributed by atoms with Crippen molar-refractivity contribution >= 4 is 17.9 Å². The summed E-state index contributed by atoms with van der Waals surface area (Å²) in [7, 11) is 0. The van der Waals surface area contributed by atoms with E-state index in [1.54, 1.807) is 20.8 Å². The Kier molecular flexibility index (Phi) is 4.31. The van der Waals surface area contributed by atoms with Gasteiger partial charge < -0.3 is 15.2 Å². The van der Waals surface area contributed by atoms with Gasteiger partial charge in [-0.3, -0.25) is 5.32 Å². The third-order valence-electron chi connectivity index (χ3n) is 1.79. The van der Waals surface area contributed by atoms with Gasteiger partial charge in [0.25, 0.3) is 0 Å². The van der Waals surface area contributed by atoms with Crippen LogP contribution >= 0.6 is 0 Å². The zero-order valence-corrected chi connectivity index (χ0v) is 10.8. The van der Waals surface area contributed by atoms with E-state index in [9.17, 15) is 14.0 Å². The topological polar surface area (TPSA) is 90.7 Å². The highest BCUT2D eigenvalue weighted by atomic mass is 19.1. The molecule has 0 atom stereocenters. The molecule has 7 heteroatoms. The van der Waals surface area contributed by atoms with Gasteiger partial charge in [-0.15, -0.1) is 0 Å². The van der Waals surface area contributed by atoms with Crippen LogP contribution in [0.2, 0.25) is 0 Å². The first-order valence-electron chi connectivity index (χ1n) is 5.44. The molecule has 0 unspecified atom stereocenters. The summed E-state index contributed by atoms with van der Waals surface area (Å²) in [6.07, 6.45) is -1.87. The minimum atomic E-state index is -1.11. The molecule has 19 heavy (non-hydrogen) atoms. The molecule has 0 saturated heterocycles. The molecule has 0 aromatic heterocycles. The Morgan fingerprint density at radius 1 is 1.32 bits per heavy atom. The lowest BCUT2D eigenvalue weighted by Gasteiger charge is -2.20. The van der Waals surface area contributed by atoms with Crippen LogP contribution in [0.4, 0.5) is 19.7 Å². The van der Waals surface area contributed by atoms with Crippen molar-refractivity contribution in [2.45, 2.75) is 26.4 Å². The Labute approximate surface area is 109 Å². The number of rotatable bonds is 2. The summed E-state index contributed by atoms with van der Waals surface area (Å²) in [5, 5.41) is 2.34. The predicted molar refractivity (Wildman–Crippen MR) is 66.5 cm³/mol. The first-order chi connectivity index (χ1) is 8.67. The SMILES string of the molecule is CC(C)(C)OC(=O)Nc1ccc(F)cc1OC(N)=O. The molecule has 0 radical (unpaired) electrons. The van der Waals surface area contributed by atoms with Crippen LogP contribution in [0.25, 0.3) is 0 Å². The second-order valence-electron chi connectivity index (χ2n) is 4.69. The normalized spacial score (nSPS) is 10.7. The number of primary amides is 1. The van der Waals surface area contributed by atoms with Gasteiger partial charge in [-0.25, -0.2) is 14.0 Å². The van der Waals surface area contributed by atoms with Gasteiger partial charge in [0.2, 0.25) is 0 Å². The third kappa shape index (κ3) is 5.24. The number of hydrogen-bond donors (Lipinski definition) is 2. The Hall–Kier alpha value is -2.31. The van der Waals surface area contributed by atoms with Crippen molar-refractivity contribution in [1.29, 1.82) is 0 Å². The molecule has 0 fully saturated rings. The summed E-state index contributed by atoms with van der Waals surface area (Å²) in [6.45, 7) is 5.08. The largest absolute Gasteiger partial charge is 0.444 e. The second-order valence-corrected chi connectivity index (χ2v) is 4.69. The fourth-order valence-corrected chi connectivity index (χ4v) is 1.21. The smallest absolute Gasteiger partial charge is 0.412 e. The summed E-state index contributed by atoms with van der Waals surface area (Å²) < 4.78 is 22.6. The molecule has 0 bridgehead atoms. The standard InChI is InChI=1S/C12H15FN2O4/c1-12(2,3)19-11(17)15-8-5-4-7(13)6-9(8)18-10(14)16/h4-6H,1-3H3,(H2,14,16)(H,15,17). The summed E-state index contributed by atoms with van der Waals surface area (Å²) in [4.78, 5) is 22.2. The second kappa shape index (κ2) is 5.55. The molecule has 0 spiro atoms. The molecule has 2 amide bonds. The van der Waals surface area contributed by atoms with Gasteiger partial charge in [0, 0.05) is 6.07 Å². The van der Waals surface area contributed by atoms with Gasteiger partial charge in [-0.2, -0.15) is 0 Å². The number of carbonyl (C=O) groups excluding carboxylic acids is 2. The van der Waals surface area contributed by atoms with Crippen LogP contribution < -0.4 is 15.8 Å². The van der Waals surface area contributed by atoms with Crippen molar-refractivity contribution in [3.8, 4) is 5.75 Å². The van der Waals surface area contributed by atoms with Crippen LogP contribution in [0.1, 0.15) is 20.8 Å². The van der Waals surface area contributed by atoms with Gasteiger partial charge in [0.05, 0.1) is 5.69 Å². The van der Waals surface area contributed by atoms with Crippen LogP contribution in [0.3, 0.4) is 0 Å². The number of benzene rings is 1. The van der Waals surface area contributed by atoms with Crippen LogP contribution in [-0.4, -0.2) is 17.8 Å². The molecule has 1 aromatic carbocycles. The van der Waals surface area contributed by atoms with E-state index in [-0.39, 0.29) is 11.4 Å². The summed E-state index contributed by atoms with van der Waals surface area (Å²) >= 11 is 0. The van der Waals surface area contributed by atoms with E-state index in [2.05, 4.69) is 10.1 Å². The quantitative estimate of drug-likeness (QED) is 0.864. The van der Waals surface area contributed by atoms with Gasteiger partial charge in [-0.1, -0.05) is 0 Å². The zero-order valence-electron chi connectivity index (χ0n) is 10.8. The maximum atomic E-state index is 13.0. The average molecular weight is 270 g/mol. The van der Waals surface area contributed by atoms with Crippen molar-refractivity contribution in [1.82, 2.24) is 0 Å². The molecule has 6 nitrogen and oxygen atoms in total. The molecule has 104 valence electrons. The maximum absolute atomic E-state index is 13.0. The van der Waals surface area contributed by atoms with Gasteiger partial charge in [0.1, 0.15) is 11.4 Å². The van der Waals surface area contributed by atoms with Crippen molar-refractivity contribution in [2.24, 2.45) is 5.73 Å². The third-order valence-corrected chi connectivity index (χ3v) is 1.79. The van der Waals surface area contributed by atoms with Gasteiger partial charge in [-0.05, 0) is 32.9 Å². The number of anilines is 1. The summed E-state index contributed by atoms with van der Waals surface area (Å²) in [5.41, 5.74) is 4.24. The number of nitrogens with two attached hydrogens (primary N) is 1. The lowest BCUT2D eigenvalue weighted by Crippen LogP contribution is -2.27. The fraction of sp³-hybridized carbons (Fsp3) is 0.333. The number of amides is 2. The molecule has 0 aliphatic carbocycles. The lowest BCUT2D eigenvalue weighted by atomic mass is 10.2. The van der Waals surface area contributed by atoms with Crippen molar-refractivity contribution < 1.29 is 23.5 Å². The van der Waals surface area contributed by atoms with E-state index in [4.69, 9.17) is 10.5 Å². The van der Waals surface area contributed by atoms with Crippen molar-refractivity contribution in [3.05, 3.63) is 24.0 Å². The van der Waals surface area contributed by atoms with Crippen LogP contribution in [0, 0.1) is 5.82 Å². The lowest BCUT2D eigenvalue weighted by molar-refractivity contribution is 0.0635. The van der Waals surface area contributed by atoms with Crippen LogP contribution in [0.5, 0.6) is 5.75 Å². The maximum Gasteiger partial charge on any atom is 0.412 e. The average Bonchev–Trinajstić information content (AvgIpc) is 2.18. The highest BCUT2D eigenvalue weighted by molar-refractivity contribution is 5.87. The Morgan fingerprint density at radius 3 is 2.47 bits per heavy atom. The van der Waals surface area contributed by atoms with Gasteiger partial charge in [0.15, 0.2) is 5.75 Å². The summed E-state index contributed by atoms with van der Waals surface area (Å²) in [5.74, 6) is -0.829. The molecular weight excluding hydrogens is 255 g/mol. The number of halogens is 1. The van der Waals surface area contributed by atoms with Crippen LogP contribution in [0.15, 0.2) is 18.2 Å². The monoisotopic (exact) mass is 270 g/mol. The van der Waals surface area contributed by atoms with Crippen LogP contribution in [-0.2, 0) is 4.74 Å². The predicted octanol–water partition coefficient (Wildman–Crippen LogP) is 2.63. The molecular formula is C12H15FN2O4. The summed E-state index contributed by atoms with van der Waals surface area (Å²) in [6, 6.07) is 3.26. The molecule has 1 rings (SSSR count). The molecule has 3 N–H and O–H groups in total. The van der Waals surface area contributed by atoms with E-state index in [1.807, 2.05) is 0 Å². The first-order valence-corrected chi connectivity index (χ1v) is 5.44. The molecule has 0 aliphatic rings. The molecule has 0 saturated carbocycles. The number of carbonyl (C=O) groups is 2. The fourth-order valence-electron chi connectivity index (χ4n) is 1.21. The van der Waals surface area contributed by atoms with Crippen molar-refractivity contribution in [3.63, 3.8) is 0 Å². The Balaban J connectivity index is 2.88. The number of nitrogens with one attached hydrogen (secondary N) is 1. The van der Waals surface area contributed by atoms with E-state index >= 15 is 0 Å². The zero-order chi connectivity index (χ0) is 14.6. The highest BCUT2D eigenvalue weighted by Crippen LogP contribution is 2.26. The Bertz CT molecular complexity index is 497. The molecule has 1 aromatic rings. The van der Waals surface area contributed by atoms with Gasteiger partial charge >= 0.3 is 12.2 Å².